The Balaban J connectivity index is 2.33. The largest absolute Gasteiger partial charge is 0.466 e. The molecule has 1 aromatic heterocycles. The SMILES string of the molecule is COCOc1ccc(CNCC(C)C)nc1. The van der Waals surface area contributed by atoms with Gasteiger partial charge in [-0.05, 0) is 24.6 Å². The van der Waals surface area contributed by atoms with Gasteiger partial charge < -0.3 is 14.8 Å². The summed E-state index contributed by atoms with van der Waals surface area (Å²) in [6.45, 7) is 6.42. The van der Waals surface area contributed by atoms with Crippen LogP contribution in [0.15, 0.2) is 18.3 Å². The number of nitrogens with zero attached hydrogens (tertiary/aromatic N) is 1. The Morgan fingerprint density at radius 1 is 1.38 bits per heavy atom. The number of methoxy groups -OCH3 is 1. The van der Waals surface area contributed by atoms with Gasteiger partial charge in [-0.2, -0.15) is 0 Å². The Bertz CT molecular complexity index is 286. The van der Waals surface area contributed by atoms with Crippen LogP contribution in [0.25, 0.3) is 0 Å². The minimum absolute atomic E-state index is 0.257. The fraction of sp³-hybridized carbons (Fsp3) is 0.583. The van der Waals surface area contributed by atoms with E-state index in [0.29, 0.717) is 5.92 Å². The zero-order valence-corrected chi connectivity index (χ0v) is 10.2. The van der Waals surface area contributed by atoms with Gasteiger partial charge in [-0.15, -0.1) is 0 Å². The highest BCUT2D eigenvalue weighted by Gasteiger charge is 1.98. The second kappa shape index (κ2) is 7.19. The minimum Gasteiger partial charge on any atom is -0.466 e. The highest BCUT2D eigenvalue weighted by Crippen LogP contribution is 2.08. The fourth-order valence-electron chi connectivity index (χ4n) is 1.22. The molecule has 0 amide bonds. The molecule has 0 saturated heterocycles. The quantitative estimate of drug-likeness (QED) is 0.717. The van der Waals surface area contributed by atoms with Gasteiger partial charge >= 0.3 is 0 Å². The van der Waals surface area contributed by atoms with Crippen LogP contribution in [0.1, 0.15) is 19.5 Å². The average molecular weight is 224 g/mol. The number of aromatic nitrogens is 1. The fourth-order valence-corrected chi connectivity index (χ4v) is 1.22. The molecule has 1 N–H and O–H groups in total. The normalized spacial score (nSPS) is 10.8. The van der Waals surface area contributed by atoms with E-state index in [1.807, 2.05) is 12.1 Å². The number of rotatable bonds is 7. The van der Waals surface area contributed by atoms with Gasteiger partial charge in [-0.25, -0.2) is 0 Å². The molecule has 0 atom stereocenters. The van der Waals surface area contributed by atoms with Gasteiger partial charge in [0.1, 0.15) is 5.75 Å². The van der Waals surface area contributed by atoms with Gasteiger partial charge in [0.15, 0.2) is 6.79 Å². The maximum Gasteiger partial charge on any atom is 0.188 e. The highest BCUT2D eigenvalue weighted by molar-refractivity contribution is 5.19. The topological polar surface area (TPSA) is 43.4 Å². The van der Waals surface area contributed by atoms with Crippen molar-refractivity contribution < 1.29 is 9.47 Å². The molecule has 0 spiro atoms. The zero-order valence-electron chi connectivity index (χ0n) is 10.2. The van der Waals surface area contributed by atoms with Crippen LogP contribution in [0.3, 0.4) is 0 Å². The van der Waals surface area contributed by atoms with E-state index < -0.39 is 0 Å². The first-order chi connectivity index (χ1) is 7.72. The van der Waals surface area contributed by atoms with Gasteiger partial charge in [0.05, 0.1) is 11.9 Å². The van der Waals surface area contributed by atoms with Crippen molar-refractivity contribution in [2.24, 2.45) is 5.92 Å². The number of hydrogen-bond acceptors (Lipinski definition) is 4. The van der Waals surface area contributed by atoms with Gasteiger partial charge in [0.25, 0.3) is 0 Å². The summed E-state index contributed by atoms with van der Waals surface area (Å²) >= 11 is 0. The van der Waals surface area contributed by atoms with Gasteiger partial charge in [0, 0.05) is 13.7 Å². The van der Waals surface area contributed by atoms with Crippen molar-refractivity contribution in [3.63, 3.8) is 0 Å². The number of pyridine rings is 1. The third kappa shape index (κ3) is 5.09. The Hall–Kier alpha value is -1.13. The first-order valence-electron chi connectivity index (χ1n) is 5.49. The molecule has 0 fully saturated rings. The summed E-state index contributed by atoms with van der Waals surface area (Å²) in [6.07, 6.45) is 1.71. The molecule has 1 rings (SSSR count). The molecule has 4 heteroatoms. The molecule has 16 heavy (non-hydrogen) atoms. The summed E-state index contributed by atoms with van der Waals surface area (Å²) in [4.78, 5) is 4.29. The van der Waals surface area contributed by atoms with E-state index in [2.05, 4.69) is 24.1 Å². The van der Waals surface area contributed by atoms with Crippen LogP contribution in [0.4, 0.5) is 0 Å². The lowest BCUT2D eigenvalue weighted by molar-refractivity contribution is 0.0508. The Morgan fingerprint density at radius 2 is 2.19 bits per heavy atom. The lowest BCUT2D eigenvalue weighted by Gasteiger charge is -2.08. The van der Waals surface area contributed by atoms with E-state index in [-0.39, 0.29) is 6.79 Å². The molecular formula is C12H20N2O2. The van der Waals surface area contributed by atoms with Crippen molar-refractivity contribution in [1.82, 2.24) is 10.3 Å². The highest BCUT2D eigenvalue weighted by atomic mass is 16.7. The monoisotopic (exact) mass is 224 g/mol. The molecule has 0 unspecified atom stereocenters. The number of ether oxygens (including phenoxy) is 2. The average Bonchev–Trinajstić information content (AvgIpc) is 2.27. The molecule has 0 aromatic carbocycles. The molecule has 4 nitrogen and oxygen atoms in total. The molecule has 0 saturated carbocycles. The molecule has 0 radical (unpaired) electrons. The third-order valence-electron chi connectivity index (χ3n) is 2.00. The predicted molar refractivity (Wildman–Crippen MR) is 63.3 cm³/mol. The van der Waals surface area contributed by atoms with Crippen LogP contribution < -0.4 is 10.1 Å². The van der Waals surface area contributed by atoms with Crippen LogP contribution in [0, 0.1) is 5.92 Å². The van der Waals surface area contributed by atoms with Crippen molar-refractivity contribution >= 4 is 0 Å². The van der Waals surface area contributed by atoms with E-state index >= 15 is 0 Å². The standard InChI is InChI=1S/C12H20N2O2/c1-10(2)6-13-7-11-4-5-12(8-14-11)16-9-15-3/h4-5,8,10,13H,6-7,9H2,1-3H3. The lowest BCUT2D eigenvalue weighted by atomic mass is 10.2. The number of hydrogen-bond donors (Lipinski definition) is 1. The summed E-state index contributed by atoms with van der Waals surface area (Å²) in [7, 11) is 1.59. The minimum atomic E-state index is 0.257. The smallest absolute Gasteiger partial charge is 0.188 e. The summed E-state index contributed by atoms with van der Waals surface area (Å²) < 4.78 is 10.1. The third-order valence-corrected chi connectivity index (χ3v) is 2.00. The van der Waals surface area contributed by atoms with Crippen LogP contribution in [0.2, 0.25) is 0 Å². The molecule has 0 bridgehead atoms. The van der Waals surface area contributed by atoms with Crippen molar-refractivity contribution in [2.45, 2.75) is 20.4 Å². The Labute approximate surface area is 97.0 Å². The van der Waals surface area contributed by atoms with Crippen molar-refractivity contribution in [3.05, 3.63) is 24.0 Å². The van der Waals surface area contributed by atoms with Gasteiger partial charge in [0.2, 0.25) is 0 Å². The van der Waals surface area contributed by atoms with Crippen molar-refractivity contribution in [3.8, 4) is 5.75 Å². The van der Waals surface area contributed by atoms with Crippen LogP contribution in [-0.2, 0) is 11.3 Å². The zero-order chi connectivity index (χ0) is 11.8. The van der Waals surface area contributed by atoms with Crippen molar-refractivity contribution in [2.75, 3.05) is 20.4 Å². The van der Waals surface area contributed by atoms with E-state index in [0.717, 1.165) is 24.5 Å². The van der Waals surface area contributed by atoms with E-state index in [1.165, 1.54) is 0 Å². The van der Waals surface area contributed by atoms with E-state index in [1.54, 1.807) is 13.3 Å². The number of nitrogens with one attached hydrogen (secondary N) is 1. The molecule has 0 aliphatic rings. The molecule has 0 aliphatic heterocycles. The first-order valence-corrected chi connectivity index (χ1v) is 5.49. The van der Waals surface area contributed by atoms with Gasteiger partial charge in [-0.3, -0.25) is 4.98 Å². The molecule has 1 aromatic rings. The van der Waals surface area contributed by atoms with E-state index in [9.17, 15) is 0 Å². The van der Waals surface area contributed by atoms with Crippen LogP contribution in [-0.4, -0.2) is 25.4 Å². The lowest BCUT2D eigenvalue weighted by Crippen LogP contribution is -2.19. The van der Waals surface area contributed by atoms with Crippen molar-refractivity contribution in [1.29, 1.82) is 0 Å². The summed E-state index contributed by atoms with van der Waals surface area (Å²) in [6, 6.07) is 3.86. The van der Waals surface area contributed by atoms with Crippen LogP contribution in [0.5, 0.6) is 5.75 Å². The summed E-state index contributed by atoms with van der Waals surface area (Å²) in [5.41, 5.74) is 1.02. The predicted octanol–water partition coefficient (Wildman–Crippen LogP) is 1.81. The van der Waals surface area contributed by atoms with Gasteiger partial charge in [-0.1, -0.05) is 13.8 Å². The summed E-state index contributed by atoms with van der Waals surface area (Å²) in [5.74, 6) is 1.39. The summed E-state index contributed by atoms with van der Waals surface area (Å²) in [5, 5.41) is 3.34. The van der Waals surface area contributed by atoms with Crippen LogP contribution >= 0.6 is 0 Å². The molecule has 1 heterocycles. The maximum absolute atomic E-state index is 5.25. The maximum atomic E-state index is 5.25. The Kier molecular flexibility index (Phi) is 5.82. The second-order valence-corrected chi connectivity index (χ2v) is 4.06. The molecule has 90 valence electrons. The van der Waals surface area contributed by atoms with E-state index in [4.69, 9.17) is 9.47 Å². The molecule has 0 aliphatic carbocycles. The Morgan fingerprint density at radius 3 is 2.75 bits per heavy atom. The molecular weight excluding hydrogens is 204 g/mol. The first kappa shape index (κ1) is 12.9. The second-order valence-electron chi connectivity index (χ2n) is 4.06.